The predicted octanol–water partition coefficient (Wildman–Crippen LogP) is 1.88. The molecule has 2 N–H and O–H groups in total. The number of sulfonamides is 1. The molecule has 2 rings (SSSR count). The Morgan fingerprint density at radius 3 is 2.76 bits per heavy atom. The standard InChI is InChI=1S/C14H11ClN2O3S/c15-12-5-1-2-6-13(12)21(19,20)17-14-10-11(4-3-9-18)7-8-16-14/h1-2,5-8,10,18H,9H2,(H,16,17). The summed E-state index contributed by atoms with van der Waals surface area (Å²) in [5.74, 6) is 5.27. The molecule has 0 bridgehead atoms. The highest BCUT2D eigenvalue weighted by Gasteiger charge is 2.17. The van der Waals surface area contributed by atoms with Crippen LogP contribution in [0.3, 0.4) is 0 Å². The number of hydrogen-bond donors (Lipinski definition) is 2. The van der Waals surface area contributed by atoms with Gasteiger partial charge in [-0.05, 0) is 24.3 Å². The molecule has 5 nitrogen and oxygen atoms in total. The molecule has 0 aliphatic carbocycles. The lowest BCUT2D eigenvalue weighted by atomic mass is 10.2. The first kappa shape index (κ1) is 15.3. The van der Waals surface area contributed by atoms with Crippen LogP contribution in [0, 0.1) is 11.8 Å². The molecule has 0 aliphatic heterocycles. The highest BCUT2D eigenvalue weighted by Crippen LogP contribution is 2.22. The van der Waals surface area contributed by atoms with Gasteiger partial charge in [0.15, 0.2) is 0 Å². The van der Waals surface area contributed by atoms with Crippen molar-refractivity contribution < 1.29 is 13.5 Å². The van der Waals surface area contributed by atoms with Crippen molar-refractivity contribution in [2.75, 3.05) is 11.3 Å². The molecule has 0 radical (unpaired) electrons. The zero-order valence-corrected chi connectivity index (χ0v) is 12.3. The molecule has 1 aromatic carbocycles. The number of hydrogen-bond acceptors (Lipinski definition) is 4. The van der Waals surface area contributed by atoms with E-state index < -0.39 is 10.0 Å². The Bertz CT molecular complexity index is 810. The van der Waals surface area contributed by atoms with E-state index in [1.807, 2.05) is 0 Å². The van der Waals surface area contributed by atoms with Crippen LogP contribution in [0.2, 0.25) is 5.02 Å². The Hall–Kier alpha value is -2.07. The summed E-state index contributed by atoms with van der Waals surface area (Å²) in [7, 11) is -3.82. The smallest absolute Gasteiger partial charge is 0.264 e. The molecule has 0 saturated carbocycles. The van der Waals surface area contributed by atoms with Gasteiger partial charge in [-0.25, -0.2) is 13.4 Å². The van der Waals surface area contributed by atoms with Crippen LogP contribution in [-0.2, 0) is 10.0 Å². The second kappa shape index (κ2) is 6.59. The highest BCUT2D eigenvalue weighted by atomic mass is 35.5. The maximum atomic E-state index is 12.2. The molecule has 108 valence electrons. The Balaban J connectivity index is 2.31. The highest BCUT2D eigenvalue weighted by molar-refractivity contribution is 7.92. The molecule has 0 saturated heterocycles. The number of aliphatic hydroxyl groups excluding tert-OH is 1. The summed E-state index contributed by atoms with van der Waals surface area (Å²) >= 11 is 5.89. The average molecular weight is 323 g/mol. The number of rotatable bonds is 3. The third-order valence-electron chi connectivity index (χ3n) is 2.44. The van der Waals surface area contributed by atoms with Gasteiger partial charge in [0.25, 0.3) is 10.0 Å². The Morgan fingerprint density at radius 1 is 1.29 bits per heavy atom. The first-order valence-corrected chi connectivity index (χ1v) is 7.72. The molecular formula is C14H11ClN2O3S. The summed E-state index contributed by atoms with van der Waals surface area (Å²) in [6, 6.07) is 9.20. The minimum atomic E-state index is -3.82. The van der Waals surface area contributed by atoms with Crippen LogP contribution in [-0.4, -0.2) is 25.1 Å². The summed E-state index contributed by atoms with van der Waals surface area (Å²) in [5, 5.41) is 8.77. The van der Waals surface area contributed by atoms with E-state index in [9.17, 15) is 8.42 Å². The molecule has 0 spiro atoms. The number of anilines is 1. The number of aromatic nitrogens is 1. The number of nitrogens with zero attached hydrogens (tertiary/aromatic N) is 1. The second-order valence-corrected chi connectivity index (χ2v) is 5.98. The van der Waals surface area contributed by atoms with Gasteiger partial charge in [-0.15, -0.1) is 0 Å². The minimum Gasteiger partial charge on any atom is -0.384 e. The molecule has 0 fully saturated rings. The van der Waals surface area contributed by atoms with Gasteiger partial charge in [0.05, 0.1) is 5.02 Å². The fraction of sp³-hybridized carbons (Fsp3) is 0.0714. The van der Waals surface area contributed by atoms with Crippen LogP contribution in [0.4, 0.5) is 5.82 Å². The van der Waals surface area contributed by atoms with E-state index in [2.05, 4.69) is 21.5 Å². The van der Waals surface area contributed by atoms with Gasteiger partial charge in [0.1, 0.15) is 17.3 Å². The molecule has 1 heterocycles. The van der Waals surface area contributed by atoms with Crippen molar-refractivity contribution in [2.24, 2.45) is 0 Å². The van der Waals surface area contributed by atoms with E-state index >= 15 is 0 Å². The molecule has 2 aromatic rings. The molecule has 0 aliphatic rings. The van der Waals surface area contributed by atoms with Crippen LogP contribution in [0.1, 0.15) is 5.56 Å². The Morgan fingerprint density at radius 2 is 2.05 bits per heavy atom. The quantitative estimate of drug-likeness (QED) is 0.846. The maximum absolute atomic E-state index is 12.2. The molecule has 1 aromatic heterocycles. The Kier molecular flexibility index (Phi) is 4.81. The summed E-state index contributed by atoms with van der Waals surface area (Å²) in [6.45, 7) is -0.275. The monoisotopic (exact) mass is 322 g/mol. The number of pyridine rings is 1. The average Bonchev–Trinajstić information content (AvgIpc) is 2.45. The molecule has 0 unspecified atom stereocenters. The normalized spacial score (nSPS) is 10.6. The van der Waals surface area contributed by atoms with Gasteiger partial charge < -0.3 is 5.11 Å². The van der Waals surface area contributed by atoms with Crippen LogP contribution in [0.25, 0.3) is 0 Å². The van der Waals surface area contributed by atoms with Gasteiger partial charge in [-0.2, -0.15) is 0 Å². The van der Waals surface area contributed by atoms with Crippen LogP contribution in [0.5, 0.6) is 0 Å². The lowest BCUT2D eigenvalue weighted by Gasteiger charge is -2.08. The lowest BCUT2D eigenvalue weighted by Crippen LogP contribution is -2.14. The van der Waals surface area contributed by atoms with E-state index in [0.29, 0.717) is 5.56 Å². The predicted molar refractivity (Wildman–Crippen MR) is 80.5 cm³/mol. The van der Waals surface area contributed by atoms with E-state index in [-0.39, 0.29) is 22.3 Å². The van der Waals surface area contributed by atoms with E-state index in [1.165, 1.54) is 24.4 Å². The molecule has 21 heavy (non-hydrogen) atoms. The Labute approximate surface area is 127 Å². The van der Waals surface area contributed by atoms with Gasteiger partial charge in [-0.3, -0.25) is 4.72 Å². The SMILES string of the molecule is O=S(=O)(Nc1cc(C#CCO)ccn1)c1ccccc1Cl. The molecular weight excluding hydrogens is 312 g/mol. The van der Waals surface area contributed by atoms with Crippen LogP contribution >= 0.6 is 11.6 Å². The van der Waals surface area contributed by atoms with E-state index in [4.69, 9.17) is 16.7 Å². The molecule has 7 heteroatoms. The van der Waals surface area contributed by atoms with Gasteiger partial charge >= 0.3 is 0 Å². The van der Waals surface area contributed by atoms with Crippen molar-refractivity contribution in [3.05, 3.63) is 53.2 Å². The van der Waals surface area contributed by atoms with E-state index in [0.717, 1.165) is 0 Å². The first-order valence-electron chi connectivity index (χ1n) is 5.86. The number of halogens is 1. The van der Waals surface area contributed by atoms with Crippen molar-refractivity contribution in [2.45, 2.75) is 4.90 Å². The second-order valence-electron chi connectivity index (χ2n) is 3.93. The molecule has 0 atom stereocenters. The molecule has 0 amide bonds. The van der Waals surface area contributed by atoms with Gasteiger partial charge in [0.2, 0.25) is 0 Å². The third-order valence-corrected chi connectivity index (χ3v) is 4.29. The van der Waals surface area contributed by atoms with Gasteiger partial charge in [-0.1, -0.05) is 35.6 Å². The fourth-order valence-corrected chi connectivity index (χ4v) is 3.08. The maximum Gasteiger partial charge on any atom is 0.264 e. The first-order chi connectivity index (χ1) is 10.0. The largest absolute Gasteiger partial charge is 0.384 e. The van der Waals surface area contributed by atoms with Crippen molar-refractivity contribution in [1.29, 1.82) is 0 Å². The van der Waals surface area contributed by atoms with Gasteiger partial charge in [0, 0.05) is 11.8 Å². The van der Waals surface area contributed by atoms with Crippen LogP contribution in [0.15, 0.2) is 47.5 Å². The number of nitrogens with one attached hydrogen (secondary N) is 1. The summed E-state index contributed by atoms with van der Waals surface area (Å²) in [6.07, 6.45) is 1.42. The summed E-state index contributed by atoms with van der Waals surface area (Å²) < 4.78 is 26.8. The lowest BCUT2D eigenvalue weighted by molar-refractivity contribution is 0.350. The summed E-state index contributed by atoms with van der Waals surface area (Å²) in [4.78, 5) is 3.90. The fourth-order valence-electron chi connectivity index (χ4n) is 1.56. The topological polar surface area (TPSA) is 79.3 Å². The van der Waals surface area contributed by atoms with E-state index in [1.54, 1.807) is 18.2 Å². The zero-order valence-electron chi connectivity index (χ0n) is 10.7. The number of aliphatic hydroxyl groups is 1. The van der Waals surface area contributed by atoms with Crippen molar-refractivity contribution >= 4 is 27.4 Å². The van der Waals surface area contributed by atoms with Crippen LogP contribution < -0.4 is 4.72 Å². The zero-order chi connectivity index (χ0) is 15.3. The van der Waals surface area contributed by atoms with Crippen molar-refractivity contribution in [3.63, 3.8) is 0 Å². The number of benzene rings is 1. The van der Waals surface area contributed by atoms with Crippen molar-refractivity contribution in [3.8, 4) is 11.8 Å². The summed E-state index contributed by atoms with van der Waals surface area (Å²) in [5.41, 5.74) is 0.538. The minimum absolute atomic E-state index is 0.0275. The van der Waals surface area contributed by atoms with Crippen molar-refractivity contribution in [1.82, 2.24) is 4.98 Å². The third kappa shape index (κ3) is 3.95.